The van der Waals surface area contributed by atoms with Gasteiger partial charge in [0, 0.05) is 12.7 Å². The van der Waals surface area contributed by atoms with Crippen LogP contribution < -0.4 is 0 Å². The molecule has 0 saturated heterocycles. The van der Waals surface area contributed by atoms with Gasteiger partial charge in [-0.25, -0.2) is 0 Å². The summed E-state index contributed by atoms with van der Waals surface area (Å²) >= 11 is 0. The largest absolute Gasteiger partial charge is 0.373 e. The molecule has 1 aliphatic carbocycles. The summed E-state index contributed by atoms with van der Waals surface area (Å²) < 4.78 is 5.42. The molecule has 0 amide bonds. The second kappa shape index (κ2) is 5.46. The van der Waals surface area contributed by atoms with Crippen molar-refractivity contribution in [3.8, 4) is 0 Å². The number of hydrogen-bond acceptors (Lipinski definition) is 2. The lowest BCUT2D eigenvalue weighted by Gasteiger charge is -2.29. The third kappa shape index (κ3) is 3.06. The molecule has 0 radical (unpaired) electrons. The Hall–Kier alpha value is -1.15. The Labute approximate surface area is 116 Å². The van der Waals surface area contributed by atoms with Crippen LogP contribution in [0.2, 0.25) is 0 Å². The Morgan fingerprint density at radius 2 is 2.00 bits per heavy atom. The highest BCUT2D eigenvalue weighted by Crippen LogP contribution is 2.36. The summed E-state index contributed by atoms with van der Waals surface area (Å²) in [6.07, 6.45) is 3.44. The maximum atomic E-state index is 12.6. The molecule has 2 heteroatoms. The van der Waals surface area contributed by atoms with Gasteiger partial charge in [0.25, 0.3) is 0 Å². The van der Waals surface area contributed by atoms with Crippen LogP contribution in [0, 0.1) is 5.41 Å². The van der Waals surface area contributed by atoms with Gasteiger partial charge in [-0.2, -0.15) is 0 Å². The lowest BCUT2D eigenvalue weighted by molar-refractivity contribution is 0.0196. The number of methoxy groups -OCH3 is 1. The highest BCUT2D eigenvalue weighted by Gasteiger charge is 2.32. The number of carbonyl (C=O) groups excluding carboxylic acids is 1. The highest BCUT2D eigenvalue weighted by atomic mass is 16.5. The predicted octanol–water partition coefficient (Wildman–Crippen LogP) is 4.20. The van der Waals surface area contributed by atoms with E-state index in [9.17, 15) is 4.79 Å². The molecule has 1 fully saturated rings. The van der Waals surface area contributed by atoms with E-state index in [4.69, 9.17) is 4.74 Å². The van der Waals surface area contributed by atoms with Crippen LogP contribution in [0.1, 0.15) is 61.9 Å². The van der Waals surface area contributed by atoms with E-state index < -0.39 is 0 Å². The monoisotopic (exact) mass is 260 g/mol. The first-order chi connectivity index (χ1) is 8.93. The summed E-state index contributed by atoms with van der Waals surface area (Å²) in [4.78, 5) is 12.6. The summed E-state index contributed by atoms with van der Waals surface area (Å²) in [6.45, 7) is 6.11. The SMILES string of the molecule is COC(C(=O)c1cccc(C2CCC2)c1)C(C)(C)C. The molecule has 1 aromatic rings. The fourth-order valence-corrected chi connectivity index (χ4v) is 2.69. The average molecular weight is 260 g/mol. The number of Topliss-reactive ketones (excluding diaryl/α,β-unsaturated/α-hetero) is 1. The zero-order chi connectivity index (χ0) is 14.0. The molecule has 0 N–H and O–H groups in total. The van der Waals surface area contributed by atoms with Crippen LogP contribution in [0.15, 0.2) is 24.3 Å². The molecular weight excluding hydrogens is 236 g/mol. The minimum Gasteiger partial charge on any atom is -0.373 e. The van der Waals surface area contributed by atoms with Gasteiger partial charge in [-0.05, 0) is 35.8 Å². The van der Waals surface area contributed by atoms with Crippen LogP contribution in [0.5, 0.6) is 0 Å². The molecule has 1 aliphatic rings. The molecule has 0 aromatic heterocycles. The first kappa shape index (κ1) is 14.3. The van der Waals surface area contributed by atoms with E-state index in [1.807, 2.05) is 32.9 Å². The summed E-state index contributed by atoms with van der Waals surface area (Å²) in [6, 6.07) is 8.10. The summed E-state index contributed by atoms with van der Waals surface area (Å²) in [7, 11) is 1.61. The lowest BCUT2D eigenvalue weighted by Crippen LogP contribution is -2.36. The van der Waals surface area contributed by atoms with Gasteiger partial charge in [-0.15, -0.1) is 0 Å². The maximum absolute atomic E-state index is 12.6. The summed E-state index contributed by atoms with van der Waals surface area (Å²) in [5.41, 5.74) is 1.91. The van der Waals surface area contributed by atoms with Crippen molar-refractivity contribution in [3.05, 3.63) is 35.4 Å². The Bertz CT molecular complexity index is 453. The van der Waals surface area contributed by atoms with Crippen LogP contribution >= 0.6 is 0 Å². The van der Waals surface area contributed by atoms with Crippen LogP contribution in [-0.2, 0) is 4.74 Å². The van der Waals surface area contributed by atoms with Crippen molar-refractivity contribution in [2.75, 3.05) is 7.11 Å². The van der Waals surface area contributed by atoms with Crippen molar-refractivity contribution in [3.63, 3.8) is 0 Å². The molecule has 2 nitrogen and oxygen atoms in total. The number of benzene rings is 1. The Kier molecular flexibility index (Phi) is 4.10. The van der Waals surface area contributed by atoms with Crippen molar-refractivity contribution in [1.29, 1.82) is 0 Å². The van der Waals surface area contributed by atoms with Crippen LogP contribution in [0.4, 0.5) is 0 Å². The van der Waals surface area contributed by atoms with E-state index in [1.54, 1.807) is 7.11 Å². The second-order valence-corrected chi connectivity index (χ2v) is 6.60. The Balaban J connectivity index is 2.23. The van der Waals surface area contributed by atoms with Gasteiger partial charge in [-0.1, -0.05) is 45.4 Å². The first-order valence-electron chi connectivity index (χ1n) is 7.10. The first-order valence-corrected chi connectivity index (χ1v) is 7.10. The number of hydrogen-bond donors (Lipinski definition) is 0. The highest BCUT2D eigenvalue weighted by molar-refractivity contribution is 6.00. The Morgan fingerprint density at radius 1 is 1.32 bits per heavy atom. The molecule has 1 atom stereocenters. The molecule has 19 heavy (non-hydrogen) atoms. The number of rotatable bonds is 4. The molecule has 0 heterocycles. The quantitative estimate of drug-likeness (QED) is 0.758. The van der Waals surface area contributed by atoms with E-state index >= 15 is 0 Å². The van der Waals surface area contributed by atoms with Crippen LogP contribution in [0.3, 0.4) is 0 Å². The smallest absolute Gasteiger partial charge is 0.192 e. The molecule has 1 saturated carbocycles. The fraction of sp³-hybridized carbons (Fsp3) is 0.588. The van der Waals surface area contributed by atoms with Crippen molar-refractivity contribution < 1.29 is 9.53 Å². The molecule has 0 aliphatic heterocycles. The van der Waals surface area contributed by atoms with Gasteiger partial charge < -0.3 is 4.74 Å². The summed E-state index contributed by atoms with van der Waals surface area (Å²) in [5.74, 6) is 0.750. The van der Waals surface area contributed by atoms with Crippen LogP contribution in [-0.4, -0.2) is 19.0 Å². The van der Waals surface area contributed by atoms with Gasteiger partial charge in [-0.3, -0.25) is 4.79 Å². The van der Waals surface area contributed by atoms with Gasteiger partial charge in [0.05, 0.1) is 0 Å². The molecule has 0 bridgehead atoms. The molecule has 1 aromatic carbocycles. The van der Waals surface area contributed by atoms with E-state index in [0.29, 0.717) is 5.92 Å². The zero-order valence-electron chi connectivity index (χ0n) is 12.4. The predicted molar refractivity (Wildman–Crippen MR) is 77.6 cm³/mol. The molecule has 2 rings (SSSR count). The lowest BCUT2D eigenvalue weighted by atomic mass is 9.78. The zero-order valence-corrected chi connectivity index (χ0v) is 12.4. The Morgan fingerprint density at radius 3 is 2.47 bits per heavy atom. The number of ketones is 1. The topological polar surface area (TPSA) is 26.3 Å². The number of carbonyl (C=O) groups is 1. The van der Waals surface area contributed by atoms with Crippen molar-refractivity contribution in [2.24, 2.45) is 5.41 Å². The van der Waals surface area contributed by atoms with Gasteiger partial charge in [0.15, 0.2) is 5.78 Å². The van der Waals surface area contributed by atoms with Crippen molar-refractivity contribution in [2.45, 2.75) is 52.1 Å². The minimum absolute atomic E-state index is 0.0937. The van der Waals surface area contributed by atoms with Gasteiger partial charge in [0.2, 0.25) is 0 Å². The average Bonchev–Trinajstić information content (AvgIpc) is 2.26. The number of ether oxygens (including phenoxy) is 1. The normalized spacial score (nSPS) is 17.9. The molecular formula is C17H24O2. The maximum Gasteiger partial charge on any atom is 0.192 e. The van der Waals surface area contributed by atoms with E-state index in [1.165, 1.54) is 24.8 Å². The minimum atomic E-state index is -0.385. The molecule has 0 spiro atoms. The third-order valence-electron chi connectivity index (χ3n) is 4.01. The second-order valence-electron chi connectivity index (χ2n) is 6.60. The van der Waals surface area contributed by atoms with E-state index in [-0.39, 0.29) is 17.3 Å². The summed E-state index contributed by atoms with van der Waals surface area (Å²) in [5, 5.41) is 0. The van der Waals surface area contributed by atoms with Crippen LogP contribution in [0.25, 0.3) is 0 Å². The van der Waals surface area contributed by atoms with Gasteiger partial charge in [0.1, 0.15) is 6.10 Å². The van der Waals surface area contributed by atoms with Crippen molar-refractivity contribution in [1.82, 2.24) is 0 Å². The van der Waals surface area contributed by atoms with E-state index in [2.05, 4.69) is 12.1 Å². The van der Waals surface area contributed by atoms with Gasteiger partial charge >= 0.3 is 0 Å². The standard InChI is InChI=1S/C17H24O2/c1-17(2,3)16(19-4)15(18)14-10-6-9-13(11-14)12-7-5-8-12/h6,9-12,16H,5,7-8H2,1-4H3. The third-order valence-corrected chi connectivity index (χ3v) is 4.01. The van der Waals surface area contributed by atoms with Crippen molar-refractivity contribution >= 4 is 5.78 Å². The molecule has 1 unspecified atom stereocenters. The van der Waals surface area contributed by atoms with E-state index in [0.717, 1.165) is 5.56 Å². The fourth-order valence-electron chi connectivity index (χ4n) is 2.69. The molecule has 104 valence electrons.